The molecule has 4 nitrogen and oxygen atoms in total. The Morgan fingerprint density at radius 3 is 2.38 bits per heavy atom. The Kier molecular flexibility index (Phi) is 5.16. The quantitative estimate of drug-likeness (QED) is 0.809. The monoisotopic (exact) mass is 324 g/mol. The normalized spacial score (nSPS) is 15.3. The number of piperazine rings is 1. The second-order valence-corrected chi connectivity index (χ2v) is 6.24. The van der Waals surface area contributed by atoms with E-state index in [4.69, 9.17) is 4.74 Å². The summed E-state index contributed by atoms with van der Waals surface area (Å²) in [6.45, 7) is 7.07. The second-order valence-electron chi connectivity index (χ2n) is 6.24. The average Bonchev–Trinajstić information content (AvgIpc) is 2.62. The molecule has 4 heteroatoms. The molecule has 2 aromatic carbocycles. The van der Waals surface area contributed by atoms with Crippen LogP contribution in [0.5, 0.6) is 0 Å². The van der Waals surface area contributed by atoms with Crippen LogP contribution in [0.1, 0.15) is 21.5 Å². The van der Waals surface area contributed by atoms with E-state index in [1.165, 1.54) is 18.4 Å². The lowest BCUT2D eigenvalue weighted by Crippen LogP contribution is -2.46. The molecular weight excluding hydrogens is 300 g/mol. The number of ether oxygens (including phenoxy) is 1. The Morgan fingerprint density at radius 1 is 1.04 bits per heavy atom. The van der Waals surface area contributed by atoms with Gasteiger partial charge in [-0.25, -0.2) is 4.79 Å². The molecule has 0 amide bonds. The van der Waals surface area contributed by atoms with Crippen LogP contribution < -0.4 is 4.90 Å². The molecule has 1 aliphatic heterocycles. The van der Waals surface area contributed by atoms with E-state index in [1.54, 1.807) is 0 Å². The SMILES string of the molecule is COC(=O)c1ccc(N2CCN(Cc3ccccc3)CC2)cc1C. The number of hydrogen-bond donors (Lipinski definition) is 0. The molecule has 24 heavy (non-hydrogen) atoms. The summed E-state index contributed by atoms with van der Waals surface area (Å²) in [7, 11) is 1.42. The molecule has 3 rings (SSSR count). The summed E-state index contributed by atoms with van der Waals surface area (Å²) in [4.78, 5) is 16.6. The fourth-order valence-corrected chi connectivity index (χ4v) is 3.19. The summed E-state index contributed by atoms with van der Waals surface area (Å²) in [5.74, 6) is -0.272. The van der Waals surface area contributed by atoms with Gasteiger partial charge >= 0.3 is 5.97 Å². The maximum Gasteiger partial charge on any atom is 0.338 e. The van der Waals surface area contributed by atoms with E-state index < -0.39 is 0 Å². The lowest BCUT2D eigenvalue weighted by Gasteiger charge is -2.36. The van der Waals surface area contributed by atoms with Crippen molar-refractivity contribution in [3.63, 3.8) is 0 Å². The van der Waals surface area contributed by atoms with Gasteiger partial charge < -0.3 is 9.64 Å². The van der Waals surface area contributed by atoms with E-state index in [0.717, 1.165) is 38.3 Å². The third kappa shape index (κ3) is 3.77. The van der Waals surface area contributed by atoms with Crippen LogP contribution in [0.3, 0.4) is 0 Å². The zero-order valence-electron chi connectivity index (χ0n) is 14.4. The molecule has 126 valence electrons. The predicted molar refractivity (Wildman–Crippen MR) is 96.5 cm³/mol. The van der Waals surface area contributed by atoms with Gasteiger partial charge in [-0.3, -0.25) is 4.90 Å². The Morgan fingerprint density at radius 2 is 1.75 bits per heavy atom. The van der Waals surface area contributed by atoms with Crippen molar-refractivity contribution in [3.8, 4) is 0 Å². The molecule has 0 aliphatic carbocycles. The molecule has 0 N–H and O–H groups in total. The second kappa shape index (κ2) is 7.49. The summed E-state index contributed by atoms with van der Waals surface area (Å²) in [6, 6.07) is 16.6. The van der Waals surface area contributed by atoms with E-state index in [1.807, 2.05) is 19.1 Å². The van der Waals surface area contributed by atoms with Crippen LogP contribution >= 0.6 is 0 Å². The molecule has 0 unspecified atom stereocenters. The minimum atomic E-state index is -0.272. The molecule has 2 aromatic rings. The maximum atomic E-state index is 11.7. The average molecular weight is 324 g/mol. The van der Waals surface area contributed by atoms with Gasteiger partial charge in [-0.15, -0.1) is 0 Å². The minimum Gasteiger partial charge on any atom is -0.465 e. The molecule has 0 saturated carbocycles. The van der Waals surface area contributed by atoms with Crippen molar-refractivity contribution in [3.05, 3.63) is 65.2 Å². The van der Waals surface area contributed by atoms with E-state index in [0.29, 0.717) is 5.56 Å². The Labute approximate surface area is 143 Å². The summed E-state index contributed by atoms with van der Waals surface area (Å²) in [6.07, 6.45) is 0. The lowest BCUT2D eigenvalue weighted by molar-refractivity contribution is 0.0600. The van der Waals surface area contributed by atoms with Crippen molar-refractivity contribution in [1.29, 1.82) is 0 Å². The van der Waals surface area contributed by atoms with Gasteiger partial charge in [0.25, 0.3) is 0 Å². The van der Waals surface area contributed by atoms with Crippen molar-refractivity contribution in [1.82, 2.24) is 4.90 Å². The number of carbonyl (C=O) groups is 1. The van der Waals surface area contributed by atoms with Crippen molar-refractivity contribution in [2.75, 3.05) is 38.2 Å². The van der Waals surface area contributed by atoms with E-state index >= 15 is 0 Å². The molecule has 0 aromatic heterocycles. The van der Waals surface area contributed by atoms with Crippen LogP contribution in [0.25, 0.3) is 0 Å². The highest BCUT2D eigenvalue weighted by molar-refractivity contribution is 5.91. The van der Waals surface area contributed by atoms with Gasteiger partial charge in [0.15, 0.2) is 0 Å². The van der Waals surface area contributed by atoms with Crippen molar-refractivity contribution >= 4 is 11.7 Å². The minimum absolute atomic E-state index is 0.272. The van der Waals surface area contributed by atoms with Gasteiger partial charge in [0.2, 0.25) is 0 Å². The van der Waals surface area contributed by atoms with Crippen LogP contribution in [0.15, 0.2) is 48.5 Å². The summed E-state index contributed by atoms with van der Waals surface area (Å²) in [5, 5.41) is 0. The third-order valence-electron chi connectivity index (χ3n) is 4.60. The maximum absolute atomic E-state index is 11.7. The fourth-order valence-electron chi connectivity index (χ4n) is 3.19. The van der Waals surface area contributed by atoms with Gasteiger partial charge in [-0.2, -0.15) is 0 Å². The first-order valence-corrected chi connectivity index (χ1v) is 8.37. The first-order chi connectivity index (χ1) is 11.7. The van der Waals surface area contributed by atoms with Crippen molar-refractivity contribution in [2.45, 2.75) is 13.5 Å². The van der Waals surface area contributed by atoms with Crippen LogP contribution in [-0.2, 0) is 11.3 Å². The number of anilines is 1. The Bertz CT molecular complexity index is 692. The number of rotatable bonds is 4. The molecule has 0 atom stereocenters. The largest absolute Gasteiger partial charge is 0.465 e. The van der Waals surface area contributed by atoms with E-state index in [9.17, 15) is 4.79 Å². The molecule has 0 spiro atoms. The molecule has 1 fully saturated rings. The number of esters is 1. The summed E-state index contributed by atoms with van der Waals surface area (Å²) < 4.78 is 4.81. The van der Waals surface area contributed by atoms with Crippen LogP contribution in [-0.4, -0.2) is 44.2 Å². The van der Waals surface area contributed by atoms with Crippen molar-refractivity contribution in [2.24, 2.45) is 0 Å². The highest BCUT2D eigenvalue weighted by Crippen LogP contribution is 2.21. The Hall–Kier alpha value is -2.33. The zero-order valence-corrected chi connectivity index (χ0v) is 14.4. The number of nitrogens with zero attached hydrogens (tertiary/aromatic N) is 2. The number of aryl methyl sites for hydroxylation is 1. The van der Waals surface area contributed by atoms with Crippen LogP contribution in [0, 0.1) is 6.92 Å². The Balaban J connectivity index is 1.60. The highest BCUT2D eigenvalue weighted by Gasteiger charge is 2.18. The first kappa shape index (κ1) is 16.5. The van der Waals surface area contributed by atoms with Gasteiger partial charge in [-0.1, -0.05) is 30.3 Å². The topological polar surface area (TPSA) is 32.8 Å². The van der Waals surface area contributed by atoms with Crippen LogP contribution in [0.4, 0.5) is 5.69 Å². The predicted octanol–water partition coefficient (Wildman–Crippen LogP) is 3.10. The summed E-state index contributed by atoms with van der Waals surface area (Å²) in [5.41, 5.74) is 4.15. The molecule has 0 radical (unpaired) electrons. The van der Waals surface area contributed by atoms with E-state index in [2.05, 4.69) is 46.2 Å². The third-order valence-corrected chi connectivity index (χ3v) is 4.60. The standard InChI is InChI=1S/C20H24N2O2/c1-16-14-18(8-9-19(16)20(23)24-2)22-12-10-21(11-13-22)15-17-6-4-3-5-7-17/h3-9,14H,10-13,15H2,1-2H3. The van der Waals surface area contributed by atoms with Gasteiger partial charge in [0.05, 0.1) is 12.7 Å². The van der Waals surface area contributed by atoms with Crippen molar-refractivity contribution < 1.29 is 9.53 Å². The molecule has 1 heterocycles. The van der Waals surface area contributed by atoms with Gasteiger partial charge in [-0.05, 0) is 36.2 Å². The molecular formula is C20H24N2O2. The molecule has 1 aliphatic rings. The molecule has 0 bridgehead atoms. The molecule has 1 saturated heterocycles. The smallest absolute Gasteiger partial charge is 0.338 e. The summed E-state index contributed by atoms with van der Waals surface area (Å²) >= 11 is 0. The number of methoxy groups -OCH3 is 1. The number of carbonyl (C=O) groups excluding carboxylic acids is 1. The van der Waals surface area contributed by atoms with E-state index in [-0.39, 0.29) is 5.97 Å². The van der Waals surface area contributed by atoms with Crippen LogP contribution in [0.2, 0.25) is 0 Å². The highest BCUT2D eigenvalue weighted by atomic mass is 16.5. The van der Waals surface area contributed by atoms with Gasteiger partial charge in [0.1, 0.15) is 0 Å². The lowest BCUT2D eigenvalue weighted by atomic mass is 10.1. The van der Waals surface area contributed by atoms with Gasteiger partial charge in [0, 0.05) is 38.4 Å². The zero-order chi connectivity index (χ0) is 16.9. The number of hydrogen-bond acceptors (Lipinski definition) is 4. The number of benzene rings is 2. The fraction of sp³-hybridized carbons (Fsp3) is 0.350. The first-order valence-electron chi connectivity index (χ1n) is 8.37.